The molecule has 0 spiro atoms. The summed E-state index contributed by atoms with van der Waals surface area (Å²) >= 11 is 1.02. The fourth-order valence-corrected chi connectivity index (χ4v) is 5.21. The van der Waals surface area contributed by atoms with Crippen LogP contribution in [0, 0.1) is 13.8 Å². The zero-order valence-corrected chi connectivity index (χ0v) is 19.1. The first-order valence-electron chi connectivity index (χ1n) is 9.64. The average molecular weight is 458 g/mol. The zero-order chi connectivity index (χ0) is 22.6. The summed E-state index contributed by atoms with van der Waals surface area (Å²) in [6, 6.07) is 12.6. The highest BCUT2D eigenvalue weighted by atomic mass is 32.2. The predicted octanol–water partition coefficient (Wildman–Crippen LogP) is 3.51. The van der Waals surface area contributed by atoms with Crippen molar-refractivity contribution >= 4 is 33.2 Å². The van der Waals surface area contributed by atoms with Crippen molar-refractivity contribution in [3.05, 3.63) is 75.7 Å². The number of benzene rings is 2. The number of thioether (sulfide) groups is 1. The largest absolute Gasteiger partial charge is 0.325 e. The number of aryl methyl sites for hydroxylation is 3. The van der Waals surface area contributed by atoms with Crippen LogP contribution in [-0.2, 0) is 21.1 Å². The van der Waals surface area contributed by atoms with Gasteiger partial charge in [0.05, 0.1) is 16.8 Å². The van der Waals surface area contributed by atoms with Crippen LogP contribution in [0.25, 0.3) is 0 Å². The van der Waals surface area contributed by atoms with Gasteiger partial charge in [0.1, 0.15) is 0 Å². The van der Waals surface area contributed by atoms with Crippen LogP contribution in [0.1, 0.15) is 23.6 Å². The average Bonchev–Trinajstić information content (AvgIpc) is 2.74. The minimum atomic E-state index is -4.01. The number of aromatic nitrogens is 2. The number of hydrogen-bond acceptors (Lipinski definition) is 6. The lowest BCUT2D eigenvalue weighted by molar-refractivity contribution is -0.113. The molecule has 9 heteroatoms. The van der Waals surface area contributed by atoms with Gasteiger partial charge < -0.3 is 10.3 Å². The number of rotatable bonds is 7. The maximum absolute atomic E-state index is 12.9. The van der Waals surface area contributed by atoms with E-state index in [0.29, 0.717) is 5.56 Å². The second-order valence-electron chi connectivity index (χ2n) is 7.00. The van der Waals surface area contributed by atoms with Gasteiger partial charge in [-0.1, -0.05) is 49.0 Å². The number of amides is 1. The van der Waals surface area contributed by atoms with Crippen LogP contribution in [0.2, 0.25) is 0 Å². The van der Waals surface area contributed by atoms with Gasteiger partial charge in [0.15, 0.2) is 10.1 Å². The van der Waals surface area contributed by atoms with Crippen molar-refractivity contribution in [2.24, 2.45) is 0 Å². The number of carbonyl (C=O) groups is 1. The quantitative estimate of drug-likeness (QED) is 0.415. The Morgan fingerprint density at radius 1 is 1.13 bits per heavy atom. The van der Waals surface area contributed by atoms with Crippen LogP contribution in [0.15, 0.2) is 68.4 Å². The third-order valence-electron chi connectivity index (χ3n) is 4.68. The molecule has 0 radical (unpaired) electrons. The molecule has 1 aromatic heterocycles. The molecular weight excluding hydrogens is 434 g/mol. The molecule has 0 atom stereocenters. The first kappa shape index (κ1) is 22.8. The minimum absolute atomic E-state index is 0.0179. The molecule has 3 rings (SSSR count). The lowest BCUT2D eigenvalue weighted by atomic mass is 10.1. The van der Waals surface area contributed by atoms with Crippen molar-refractivity contribution in [3.63, 3.8) is 0 Å². The Kier molecular flexibility index (Phi) is 6.97. The van der Waals surface area contributed by atoms with E-state index in [0.717, 1.165) is 41.2 Å². The second kappa shape index (κ2) is 9.49. The van der Waals surface area contributed by atoms with E-state index in [-0.39, 0.29) is 21.7 Å². The smallest absolute Gasteiger partial charge is 0.270 e. The monoisotopic (exact) mass is 457 g/mol. The summed E-state index contributed by atoms with van der Waals surface area (Å²) in [7, 11) is -4.01. The van der Waals surface area contributed by atoms with Crippen molar-refractivity contribution in [3.8, 4) is 0 Å². The number of carbonyl (C=O) groups excluding carboxylic acids is 1. The van der Waals surface area contributed by atoms with Gasteiger partial charge in [0.25, 0.3) is 5.56 Å². The van der Waals surface area contributed by atoms with Gasteiger partial charge in [-0.15, -0.1) is 0 Å². The van der Waals surface area contributed by atoms with Gasteiger partial charge in [-0.3, -0.25) is 9.59 Å². The number of sulfone groups is 1. The molecule has 0 aliphatic rings. The topological polar surface area (TPSA) is 109 Å². The van der Waals surface area contributed by atoms with Gasteiger partial charge >= 0.3 is 0 Å². The number of aromatic amines is 1. The molecule has 31 heavy (non-hydrogen) atoms. The second-order valence-corrected chi connectivity index (χ2v) is 9.85. The van der Waals surface area contributed by atoms with Crippen molar-refractivity contribution in [1.82, 2.24) is 9.97 Å². The molecule has 0 saturated carbocycles. The Morgan fingerprint density at radius 2 is 1.87 bits per heavy atom. The number of hydrogen-bond donors (Lipinski definition) is 2. The maximum Gasteiger partial charge on any atom is 0.270 e. The molecule has 0 bridgehead atoms. The minimum Gasteiger partial charge on any atom is -0.325 e. The first-order valence-corrected chi connectivity index (χ1v) is 12.1. The Bertz CT molecular complexity index is 1280. The summed E-state index contributed by atoms with van der Waals surface area (Å²) in [6.07, 6.45) is 1.83. The van der Waals surface area contributed by atoms with E-state index >= 15 is 0 Å². The first-order chi connectivity index (χ1) is 14.7. The van der Waals surface area contributed by atoms with Crippen molar-refractivity contribution in [1.29, 1.82) is 0 Å². The highest BCUT2D eigenvalue weighted by Crippen LogP contribution is 2.23. The summed E-state index contributed by atoms with van der Waals surface area (Å²) in [6.45, 7) is 5.46. The normalized spacial score (nSPS) is 11.3. The Morgan fingerprint density at radius 3 is 2.58 bits per heavy atom. The fraction of sp³-hybridized carbons (Fsp3) is 0.227. The van der Waals surface area contributed by atoms with E-state index in [1.54, 1.807) is 26.0 Å². The lowest BCUT2D eigenvalue weighted by Crippen LogP contribution is -2.20. The van der Waals surface area contributed by atoms with E-state index < -0.39 is 20.3 Å². The third kappa shape index (κ3) is 5.23. The standard InChI is InChI=1S/C22H23N3O4S2/c1-4-16-7-5-6-8-17(16)24-20(26)13-30-22-23-12-19(21(27)25-22)31(28,29)18-11-14(2)9-10-15(18)3/h5-12H,4,13H2,1-3H3,(H,24,26)(H,23,25,27). The molecule has 0 saturated heterocycles. The molecule has 3 aromatic rings. The predicted molar refractivity (Wildman–Crippen MR) is 121 cm³/mol. The van der Waals surface area contributed by atoms with Crippen LogP contribution in [0.3, 0.4) is 0 Å². The van der Waals surface area contributed by atoms with Gasteiger partial charge in [0.2, 0.25) is 15.7 Å². The molecule has 0 fully saturated rings. The van der Waals surface area contributed by atoms with Gasteiger partial charge in [-0.25, -0.2) is 13.4 Å². The Balaban J connectivity index is 1.74. The van der Waals surface area contributed by atoms with Crippen LogP contribution in [0.5, 0.6) is 0 Å². The molecule has 1 amide bonds. The van der Waals surface area contributed by atoms with Crippen molar-refractivity contribution in [2.45, 2.75) is 42.1 Å². The van der Waals surface area contributed by atoms with Crippen LogP contribution < -0.4 is 10.9 Å². The molecule has 0 aliphatic heterocycles. The number of para-hydroxylation sites is 1. The van der Waals surface area contributed by atoms with E-state index in [2.05, 4.69) is 15.3 Å². The van der Waals surface area contributed by atoms with E-state index in [9.17, 15) is 18.0 Å². The van der Waals surface area contributed by atoms with E-state index in [1.165, 1.54) is 6.07 Å². The van der Waals surface area contributed by atoms with Crippen LogP contribution in [-0.4, -0.2) is 30.0 Å². The Hall–Kier alpha value is -2.91. The summed E-state index contributed by atoms with van der Waals surface area (Å²) in [5, 5.41) is 3.01. The van der Waals surface area contributed by atoms with Gasteiger partial charge in [-0.05, 0) is 49.1 Å². The van der Waals surface area contributed by atoms with Crippen LogP contribution in [0.4, 0.5) is 5.69 Å². The molecule has 2 aromatic carbocycles. The van der Waals surface area contributed by atoms with E-state index in [1.807, 2.05) is 31.2 Å². The van der Waals surface area contributed by atoms with Gasteiger partial charge in [0, 0.05) is 5.69 Å². The molecule has 0 unspecified atom stereocenters. The maximum atomic E-state index is 12.9. The van der Waals surface area contributed by atoms with Crippen molar-refractivity contribution in [2.75, 3.05) is 11.1 Å². The molecular formula is C22H23N3O4S2. The fourth-order valence-electron chi connectivity index (χ4n) is 3.02. The number of nitrogens with zero attached hydrogens (tertiary/aromatic N) is 1. The number of H-pyrrole nitrogens is 1. The SMILES string of the molecule is CCc1ccccc1NC(=O)CSc1ncc(S(=O)(=O)c2cc(C)ccc2C)c(=O)[nH]1. The molecule has 0 aliphatic carbocycles. The molecule has 2 N–H and O–H groups in total. The Labute approximate surface area is 185 Å². The summed E-state index contributed by atoms with van der Waals surface area (Å²) in [4.78, 5) is 30.9. The highest BCUT2D eigenvalue weighted by molar-refractivity contribution is 7.99. The number of nitrogens with one attached hydrogen (secondary N) is 2. The molecule has 1 heterocycles. The van der Waals surface area contributed by atoms with Crippen molar-refractivity contribution < 1.29 is 13.2 Å². The summed E-state index contributed by atoms with van der Waals surface area (Å²) < 4.78 is 25.9. The number of anilines is 1. The van der Waals surface area contributed by atoms with Gasteiger partial charge in [-0.2, -0.15) is 0 Å². The third-order valence-corrected chi connectivity index (χ3v) is 7.45. The molecule has 7 nitrogen and oxygen atoms in total. The molecule has 162 valence electrons. The zero-order valence-electron chi connectivity index (χ0n) is 17.4. The summed E-state index contributed by atoms with van der Waals surface area (Å²) in [5.74, 6) is -0.231. The van der Waals surface area contributed by atoms with E-state index in [4.69, 9.17) is 0 Å². The lowest BCUT2D eigenvalue weighted by Gasteiger charge is -2.10. The van der Waals surface area contributed by atoms with Crippen LogP contribution >= 0.6 is 11.8 Å². The summed E-state index contributed by atoms with van der Waals surface area (Å²) in [5.41, 5.74) is 2.32. The highest BCUT2D eigenvalue weighted by Gasteiger charge is 2.24.